The lowest BCUT2D eigenvalue weighted by Crippen LogP contribution is -2.28. The topological polar surface area (TPSA) is 74.6 Å². The van der Waals surface area contributed by atoms with Crippen molar-refractivity contribution < 1.29 is 19.0 Å². The molecule has 0 aliphatic heterocycles. The van der Waals surface area contributed by atoms with E-state index in [1.807, 2.05) is 48.5 Å². The standard InChI is InChI=1S/C20H23N3O4/c1-25-14-20(24)21-13-19-22-15-7-3-4-8-16(15)23(19)11-12-27-18-10-6-5-9-17(18)26-2/h3-10H,11-14H2,1-2H3,(H,21,24). The van der Waals surface area contributed by atoms with E-state index in [4.69, 9.17) is 14.2 Å². The number of amides is 1. The minimum atomic E-state index is -0.179. The van der Waals surface area contributed by atoms with Crippen LogP contribution in [0.5, 0.6) is 11.5 Å². The van der Waals surface area contributed by atoms with Gasteiger partial charge in [0, 0.05) is 7.11 Å². The second-order valence-corrected chi connectivity index (χ2v) is 5.88. The highest BCUT2D eigenvalue weighted by Gasteiger charge is 2.12. The summed E-state index contributed by atoms with van der Waals surface area (Å²) in [6.45, 7) is 1.39. The normalized spacial score (nSPS) is 10.7. The molecule has 0 aliphatic carbocycles. The molecular formula is C20H23N3O4. The van der Waals surface area contributed by atoms with Gasteiger partial charge in [-0.1, -0.05) is 24.3 Å². The Balaban J connectivity index is 1.73. The van der Waals surface area contributed by atoms with Gasteiger partial charge in [0.1, 0.15) is 19.0 Å². The maximum atomic E-state index is 11.7. The molecule has 27 heavy (non-hydrogen) atoms. The van der Waals surface area contributed by atoms with E-state index in [0.29, 0.717) is 31.2 Å². The molecule has 7 nitrogen and oxygen atoms in total. The number of hydrogen-bond donors (Lipinski definition) is 1. The van der Waals surface area contributed by atoms with Gasteiger partial charge in [-0.2, -0.15) is 0 Å². The Hall–Kier alpha value is -3.06. The Kier molecular flexibility index (Phi) is 6.27. The first-order chi connectivity index (χ1) is 13.2. The van der Waals surface area contributed by atoms with Gasteiger partial charge in [0.15, 0.2) is 11.5 Å². The van der Waals surface area contributed by atoms with Crippen LogP contribution in [-0.4, -0.2) is 42.9 Å². The molecule has 1 N–H and O–H groups in total. The van der Waals surface area contributed by atoms with Crippen LogP contribution in [0.1, 0.15) is 5.82 Å². The largest absolute Gasteiger partial charge is 0.493 e. The molecule has 0 atom stereocenters. The summed E-state index contributed by atoms with van der Waals surface area (Å²) in [5.74, 6) is 1.98. The smallest absolute Gasteiger partial charge is 0.246 e. The molecule has 0 radical (unpaired) electrons. The first kappa shape index (κ1) is 18.7. The van der Waals surface area contributed by atoms with Crippen molar-refractivity contribution in [1.29, 1.82) is 0 Å². The third kappa shape index (κ3) is 4.57. The van der Waals surface area contributed by atoms with Gasteiger partial charge in [0.2, 0.25) is 5.91 Å². The first-order valence-corrected chi connectivity index (χ1v) is 8.68. The van der Waals surface area contributed by atoms with Gasteiger partial charge in [-0.05, 0) is 24.3 Å². The van der Waals surface area contributed by atoms with Crippen LogP contribution in [0, 0.1) is 0 Å². The molecule has 0 unspecified atom stereocenters. The Bertz CT molecular complexity index is 907. The number of nitrogens with one attached hydrogen (secondary N) is 1. The Morgan fingerprint density at radius 3 is 2.59 bits per heavy atom. The minimum absolute atomic E-state index is 0.0249. The fraction of sp³-hybridized carbons (Fsp3) is 0.300. The SMILES string of the molecule is COCC(=O)NCc1nc2ccccc2n1CCOc1ccccc1OC. The molecule has 3 rings (SSSR count). The molecule has 0 saturated carbocycles. The number of aromatic nitrogens is 2. The number of hydrogen-bond acceptors (Lipinski definition) is 5. The first-order valence-electron chi connectivity index (χ1n) is 8.68. The summed E-state index contributed by atoms with van der Waals surface area (Å²) >= 11 is 0. The quantitative estimate of drug-likeness (QED) is 0.627. The summed E-state index contributed by atoms with van der Waals surface area (Å²) in [6.07, 6.45) is 0. The molecule has 2 aromatic carbocycles. The van der Waals surface area contributed by atoms with E-state index in [1.165, 1.54) is 7.11 Å². The molecule has 0 bridgehead atoms. The number of nitrogens with zero attached hydrogens (tertiary/aromatic N) is 2. The molecular weight excluding hydrogens is 346 g/mol. The summed E-state index contributed by atoms with van der Waals surface area (Å²) in [5, 5.41) is 2.82. The molecule has 7 heteroatoms. The van der Waals surface area contributed by atoms with Crippen molar-refractivity contribution in [3.63, 3.8) is 0 Å². The molecule has 1 aromatic heterocycles. The fourth-order valence-corrected chi connectivity index (χ4v) is 2.85. The van der Waals surface area contributed by atoms with Crippen LogP contribution in [0.25, 0.3) is 11.0 Å². The van der Waals surface area contributed by atoms with E-state index in [1.54, 1.807) is 7.11 Å². The molecule has 0 aliphatic rings. The van der Waals surface area contributed by atoms with Crippen LogP contribution < -0.4 is 14.8 Å². The maximum Gasteiger partial charge on any atom is 0.246 e. The lowest BCUT2D eigenvalue weighted by Gasteiger charge is -2.13. The molecule has 142 valence electrons. The van der Waals surface area contributed by atoms with Crippen molar-refractivity contribution in [3.8, 4) is 11.5 Å². The summed E-state index contributed by atoms with van der Waals surface area (Å²) in [5.41, 5.74) is 1.88. The van der Waals surface area contributed by atoms with Crippen LogP contribution in [0.2, 0.25) is 0 Å². The second kappa shape index (κ2) is 9.05. The highest BCUT2D eigenvalue weighted by molar-refractivity contribution is 5.78. The number of imidazole rings is 1. The fourth-order valence-electron chi connectivity index (χ4n) is 2.85. The van der Waals surface area contributed by atoms with Crippen LogP contribution in [0.3, 0.4) is 0 Å². The van der Waals surface area contributed by atoms with Crippen molar-refractivity contribution in [2.24, 2.45) is 0 Å². The van der Waals surface area contributed by atoms with Crippen molar-refractivity contribution in [3.05, 3.63) is 54.4 Å². The van der Waals surface area contributed by atoms with Gasteiger partial charge < -0.3 is 24.1 Å². The minimum Gasteiger partial charge on any atom is -0.493 e. The highest BCUT2D eigenvalue weighted by Crippen LogP contribution is 2.26. The van der Waals surface area contributed by atoms with Crippen LogP contribution in [-0.2, 0) is 22.6 Å². The molecule has 0 fully saturated rings. The average Bonchev–Trinajstić information content (AvgIpc) is 3.05. The van der Waals surface area contributed by atoms with Crippen LogP contribution in [0.4, 0.5) is 0 Å². The van der Waals surface area contributed by atoms with E-state index in [0.717, 1.165) is 16.9 Å². The van der Waals surface area contributed by atoms with Crippen molar-refractivity contribution in [2.45, 2.75) is 13.1 Å². The molecule has 1 amide bonds. The summed E-state index contributed by atoms with van der Waals surface area (Å²) in [7, 11) is 3.11. The zero-order valence-corrected chi connectivity index (χ0v) is 15.5. The lowest BCUT2D eigenvalue weighted by molar-refractivity contribution is -0.124. The molecule has 3 aromatic rings. The number of benzene rings is 2. The van der Waals surface area contributed by atoms with Gasteiger partial charge in [0.25, 0.3) is 0 Å². The van der Waals surface area contributed by atoms with Crippen LogP contribution >= 0.6 is 0 Å². The van der Waals surface area contributed by atoms with E-state index >= 15 is 0 Å². The van der Waals surface area contributed by atoms with Crippen molar-refractivity contribution in [1.82, 2.24) is 14.9 Å². The van der Waals surface area contributed by atoms with Gasteiger partial charge >= 0.3 is 0 Å². The third-order valence-corrected chi connectivity index (χ3v) is 4.09. The maximum absolute atomic E-state index is 11.7. The second-order valence-electron chi connectivity index (χ2n) is 5.88. The summed E-state index contributed by atoms with van der Waals surface area (Å²) in [6, 6.07) is 15.4. The predicted octanol–water partition coefficient (Wildman–Crippen LogP) is 2.39. The van der Waals surface area contributed by atoms with Crippen molar-refractivity contribution in [2.75, 3.05) is 27.4 Å². The Morgan fingerprint density at radius 1 is 1.07 bits per heavy atom. The zero-order chi connectivity index (χ0) is 19.1. The van der Waals surface area contributed by atoms with E-state index in [2.05, 4.69) is 14.9 Å². The summed E-state index contributed by atoms with van der Waals surface area (Å²) in [4.78, 5) is 16.3. The molecule has 0 saturated heterocycles. The number of ether oxygens (including phenoxy) is 3. The number of carbonyl (C=O) groups excluding carboxylic acids is 1. The number of fused-ring (bicyclic) bond motifs is 1. The van der Waals surface area contributed by atoms with Crippen LogP contribution in [0.15, 0.2) is 48.5 Å². The van der Waals surface area contributed by atoms with E-state index in [9.17, 15) is 4.79 Å². The lowest BCUT2D eigenvalue weighted by atomic mass is 10.3. The highest BCUT2D eigenvalue weighted by atomic mass is 16.5. The van der Waals surface area contributed by atoms with Gasteiger partial charge in [-0.3, -0.25) is 4.79 Å². The number of methoxy groups -OCH3 is 2. The predicted molar refractivity (Wildman–Crippen MR) is 102 cm³/mol. The average molecular weight is 369 g/mol. The summed E-state index contributed by atoms with van der Waals surface area (Å²) < 4.78 is 18.1. The van der Waals surface area contributed by atoms with E-state index < -0.39 is 0 Å². The Labute approximate surface area is 157 Å². The number of rotatable bonds is 9. The number of para-hydroxylation sites is 4. The van der Waals surface area contributed by atoms with Crippen molar-refractivity contribution >= 4 is 16.9 Å². The molecule has 1 heterocycles. The van der Waals surface area contributed by atoms with Gasteiger partial charge in [-0.25, -0.2) is 4.98 Å². The zero-order valence-electron chi connectivity index (χ0n) is 15.5. The van der Waals surface area contributed by atoms with Gasteiger partial charge in [0.05, 0.1) is 31.2 Å². The Morgan fingerprint density at radius 2 is 1.81 bits per heavy atom. The monoisotopic (exact) mass is 369 g/mol. The van der Waals surface area contributed by atoms with Gasteiger partial charge in [-0.15, -0.1) is 0 Å². The van der Waals surface area contributed by atoms with E-state index in [-0.39, 0.29) is 12.5 Å². The number of carbonyl (C=O) groups is 1. The molecule has 0 spiro atoms. The third-order valence-electron chi connectivity index (χ3n) is 4.09.